The van der Waals surface area contributed by atoms with E-state index in [2.05, 4.69) is 27.3 Å². The summed E-state index contributed by atoms with van der Waals surface area (Å²) in [5.41, 5.74) is 2.45. The topological polar surface area (TPSA) is 61.8 Å². The van der Waals surface area contributed by atoms with E-state index in [1.54, 1.807) is 14.0 Å². The number of guanidine groups is 1. The van der Waals surface area contributed by atoms with Crippen molar-refractivity contribution in [2.45, 2.75) is 13.3 Å². The summed E-state index contributed by atoms with van der Waals surface area (Å²) in [6, 6.07) is 8.22. The van der Waals surface area contributed by atoms with Crippen molar-refractivity contribution >= 4 is 21.5 Å². The fraction of sp³-hybridized carbons (Fsp3) is 0.500. The van der Waals surface area contributed by atoms with Crippen molar-refractivity contribution in [3.8, 4) is 0 Å². The minimum absolute atomic E-state index is 0.137. The Kier molecular flexibility index (Phi) is 4.65. The Balaban J connectivity index is 2.01. The van der Waals surface area contributed by atoms with Gasteiger partial charge in [-0.1, -0.05) is 25.1 Å². The number of rotatable bonds is 4. The third-order valence-corrected chi connectivity index (χ3v) is 5.20. The van der Waals surface area contributed by atoms with Crippen LogP contribution in [0.4, 0.5) is 5.69 Å². The third-order valence-electron chi connectivity index (χ3n) is 3.49. The van der Waals surface area contributed by atoms with Crippen LogP contribution in [0.5, 0.6) is 0 Å². The lowest BCUT2D eigenvalue weighted by Crippen LogP contribution is -2.42. The van der Waals surface area contributed by atoms with Crippen LogP contribution in [0.15, 0.2) is 29.3 Å². The van der Waals surface area contributed by atoms with Gasteiger partial charge in [-0.05, 0) is 18.1 Å². The van der Waals surface area contributed by atoms with Crippen LogP contribution in [0, 0.1) is 0 Å². The lowest BCUT2D eigenvalue weighted by Gasteiger charge is -2.22. The number of para-hydroxylation sites is 1. The van der Waals surface area contributed by atoms with Gasteiger partial charge in [0.25, 0.3) is 0 Å². The molecule has 0 aliphatic carbocycles. The molecule has 0 radical (unpaired) electrons. The van der Waals surface area contributed by atoms with Crippen molar-refractivity contribution in [3.63, 3.8) is 0 Å². The highest BCUT2D eigenvalue weighted by molar-refractivity contribution is 7.91. The second-order valence-electron chi connectivity index (χ2n) is 4.74. The van der Waals surface area contributed by atoms with Gasteiger partial charge in [-0.15, -0.1) is 0 Å². The van der Waals surface area contributed by atoms with E-state index >= 15 is 0 Å². The molecule has 0 unspecified atom stereocenters. The van der Waals surface area contributed by atoms with Gasteiger partial charge in [0.1, 0.15) is 0 Å². The minimum Gasteiger partial charge on any atom is -0.355 e. The Morgan fingerprint density at radius 3 is 2.85 bits per heavy atom. The number of nitrogens with one attached hydrogen (secondary N) is 1. The van der Waals surface area contributed by atoms with Gasteiger partial charge < -0.3 is 10.2 Å². The molecule has 20 heavy (non-hydrogen) atoms. The predicted octanol–water partition coefficient (Wildman–Crippen LogP) is 1.06. The van der Waals surface area contributed by atoms with Crippen molar-refractivity contribution in [3.05, 3.63) is 29.8 Å². The summed E-state index contributed by atoms with van der Waals surface area (Å²) >= 11 is 0. The van der Waals surface area contributed by atoms with Crippen molar-refractivity contribution in [2.24, 2.45) is 4.99 Å². The number of benzene rings is 1. The Bertz CT molecular complexity index is 596. The van der Waals surface area contributed by atoms with E-state index < -0.39 is 9.84 Å². The molecule has 0 fully saturated rings. The molecule has 0 saturated heterocycles. The Morgan fingerprint density at radius 1 is 1.40 bits per heavy atom. The van der Waals surface area contributed by atoms with E-state index in [4.69, 9.17) is 0 Å². The average Bonchev–Trinajstić information content (AvgIpc) is 2.87. The zero-order valence-electron chi connectivity index (χ0n) is 12.0. The number of hydrogen-bond acceptors (Lipinski definition) is 3. The molecule has 110 valence electrons. The number of anilines is 1. The van der Waals surface area contributed by atoms with Crippen LogP contribution in [0.1, 0.15) is 12.5 Å². The van der Waals surface area contributed by atoms with Gasteiger partial charge in [-0.2, -0.15) is 0 Å². The number of nitrogens with zero attached hydrogens (tertiary/aromatic N) is 2. The van der Waals surface area contributed by atoms with Crippen molar-refractivity contribution in [1.82, 2.24) is 5.32 Å². The molecule has 1 aromatic rings. The van der Waals surface area contributed by atoms with E-state index in [1.165, 1.54) is 5.56 Å². The molecule has 0 spiro atoms. The van der Waals surface area contributed by atoms with Crippen molar-refractivity contribution < 1.29 is 8.42 Å². The lowest BCUT2D eigenvalue weighted by atomic mass is 10.2. The maximum atomic E-state index is 11.5. The smallest absolute Gasteiger partial charge is 0.198 e. The second-order valence-corrected chi connectivity index (χ2v) is 7.21. The summed E-state index contributed by atoms with van der Waals surface area (Å²) in [5.74, 6) is 1.05. The van der Waals surface area contributed by atoms with Gasteiger partial charge in [0.05, 0.1) is 5.75 Å². The van der Waals surface area contributed by atoms with E-state index in [1.807, 2.05) is 12.1 Å². The molecule has 1 aliphatic rings. The SMILES string of the molecule is CCS(=O)(=O)CCNC(=NC)N1CCc2ccccc21. The van der Waals surface area contributed by atoms with Gasteiger partial charge in [-0.3, -0.25) is 4.99 Å². The highest BCUT2D eigenvalue weighted by Gasteiger charge is 2.22. The Labute approximate surface area is 120 Å². The number of fused-ring (bicyclic) bond motifs is 1. The highest BCUT2D eigenvalue weighted by Crippen LogP contribution is 2.27. The molecule has 1 aromatic carbocycles. The molecule has 2 rings (SSSR count). The molecule has 1 N–H and O–H groups in total. The number of aliphatic imine (C=N–C) groups is 1. The fourth-order valence-electron chi connectivity index (χ4n) is 2.32. The first kappa shape index (κ1) is 14.8. The monoisotopic (exact) mass is 295 g/mol. The molecule has 0 aromatic heterocycles. The third kappa shape index (κ3) is 3.30. The van der Waals surface area contributed by atoms with E-state index in [-0.39, 0.29) is 11.5 Å². The first-order valence-corrected chi connectivity index (χ1v) is 8.66. The van der Waals surface area contributed by atoms with Gasteiger partial charge in [0, 0.05) is 31.6 Å². The van der Waals surface area contributed by atoms with Gasteiger partial charge in [0.2, 0.25) is 0 Å². The van der Waals surface area contributed by atoms with Gasteiger partial charge in [-0.25, -0.2) is 8.42 Å². The summed E-state index contributed by atoms with van der Waals surface area (Å²) in [5, 5.41) is 3.14. The average molecular weight is 295 g/mol. The first-order chi connectivity index (χ1) is 9.57. The normalized spacial score (nSPS) is 15.3. The van der Waals surface area contributed by atoms with Gasteiger partial charge >= 0.3 is 0 Å². The van der Waals surface area contributed by atoms with Crippen molar-refractivity contribution in [2.75, 3.05) is 36.5 Å². The van der Waals surface area contributed by atoms with Crippen LogP contribution < -0.4 is 10.2 Å². The largest absolute Gasteiger partial charge is 0.355 e. The van der Waals surface area contributed by atoms with Crippen molar-refractivity contribution in [1.29, 1.82) is 0 Å². The van der Waals surface area contributed by atoms with Crippen LogP contribution in [0.25, 0.3) is 0 Å². The molecular weight excluding hydrogens is 274 g/mol. The molecule has 0 saturated carbocycles. The molecule has 0 amide bonds. The van der Waals surface area contributed by atoms with Crippen LogP contribution in [-0.2, 0) is 16.3 Å². The fourth-order valence-corrected chi connectivity index (χ4v) is 3.02. The van der Waals surface area contributed by atoms with Crippen LogP contribution in [-0.4, -0.2) is 46.0 Å². The summed E-state index contributed by atoms with van der Waals surface area (Å²) < 4.78 is 23.0. The highest BCUT2D eigenvalue weighted by atomic mass is 32.2. The maximum absolute atomic E-state index is 11.5. The minimum atomic E-state index is -2.94. The zero-order valence-corrected chi connectivity index (χ0v) is 12.8. The lowest BCUT2D eigenvalue weighted by molar-refractivity contribution is 0.596. The molecule has 0 bridgehead atoms. The molecular formula is C14H21N3O2S. The summed E-state index contributed by atoms with van der Waals surface area (Å²) in [4.78, 5) is 6.36. The molecule has 6 heteroatoms. The molecule has 5 nitrogen and oxygen atoms in total. The van der Waals surface area contributed by atoms with E-state index in [0.717, 1.165) is 24.6 Å². The summed E-state index contributed by atoms with van der Waals surface area (Å²) in [7, 11) is -1.22. The maximum Gasteiger partial charge on any atom is 0.198 e. The number of hydrogen-bond donors (Lipinski definition) is 1. The zero-order chi connectivity index (χ0) is 14.6. The van der Waals surface area contributed by atoms with Crippen LogP contribution in [0.2, 0.25) is 0 Å². The standard InChI is InChI=1S/C14H21N3O2S/c1-3-20(18,19)11-9-16-14(15-2)17-10-8-12-6-4-5-7-13(12)17/h4-7H,3,8-11H2,1-2H3,(H,15,16). The predicted molar refractivity (Wildman–Crippen MR) is 83.2 cm³/mol. The summed E-state index contributed by atoms with van der Waals surface area (Å²) in [6.45, 7) is 2.93. The second kappa shape index (κ2) is 6.26. The first-order valence-electron chi connectivity index (χ1n) is 6.84. The number of sulfone groups is 1. The van der Waals surface area contributed by atoms with Crippen LogP contribution >= 0.6 is 0 Å². The molecule has 0 atom stereocenters. The van der Waals surface area contributed by atoms with E-state index in [0.29, 0.717) is 6.54 Å². The summed E-state index contributed by atoms with van der Waals surface area (Å²) in [6.07, 6.45) is 0.990. The quantitative estimate of drug-likeness (QED) is 0.666. The molecule has 1 heterocycles. The van der Waals surface area contributed by atoms with E-state index in [9.17, 15) is 8.42 Å². The molecule has 1 aliphatic heterocycles. The van der Waals surface area contributed by atoms with Crippen LogP contribution in [0.3, 0.4) is 0 Å². The Morgan fingerprint density at radius 2 is 2.15 bits per heavy atom. The van der Waals surface area contributed by atoms with Gasteiger partial charge in [0.15, 0.2) is 15.8 Å². The Hall–Kier alpha value is -1.56.